The van der Waals surface area contributed by atoms with Crippen molar-refractivity contribution in [1.29, 1.82) is 0 Å². The second kappa shape index (κ2) is 16.4. The third-order valence-electron chi connectivity index (χ3n) is 5.43. The Morgan fingerprint density at radius 3 is 0.550 bits per heavy atom. The first-order valence-corrected chi connectivity index (χ1v) is 13.6. The molecule has 1 radical (unpaired) electrons. The van der Waals surface area contributed by atoms with Crippen LogP contribution in [0.3, 0.4) is 0 Å². The van der Waals surface area contributed by atoms with Gasteiger partial charge in [-0.15, -0.1) is 0 Å². The molecule has 0 aliphatic heterocycles. The molecule has 0 bridgehead atoms. The molecule has 0 aromatic heterocycles. The summed E-state index contributed by atoms with van der Waals surface area (Å²) in [6.07, 6.45) is 4.33. The normalized spacial score (nSPS) is 14.1. The minimum atomic E-state index is -0.306. The van der Waals surface area contributed by atoms with Gasteiger partial charge in [-0.2, -0.15) is 0 Å². The van der Waals surface area contributed by atoms with Crippen LogP contribution in [0.5, 0.6) is 0 Å². The van der Waals surface area contributed by atoms with Crippen molar-refractivity contribution in [3.05, 3.63) is 35.5 Å². The Balaban J connectivity index is -0.000000240. The number of allylic oxidation sites excluding steroid dienone is 6. The number of carbonyl (C=O) groups excluding carboxylic acids is 3. The van der Waals surface area contributed by atoms with Crippen molar-refractivity contribution in [2.24, 2.45) is 32.5 Å². The van der Waals surface area contributed by atoms with Crippen LogP contribution in [0.2, 0.25) is 0 Å². The van der Waals surface area contributed by atoms with E-state index in [1.807, 2.05) is 125 Å². The fourth-order valence-corrected chi connectivity index (χ4v) is 1.69. The summed E-state index contributed by atoms with van der Waals surface area (Å²) in [7, 11) is 0. The molecule has 0 spiro atoms. The Labute approximate surface area is 271 Å². The number of aliphatic hydroxyl groups excluding tert-OH is 3. The minimum absolute atomic E-state index is 0. The molecule has 231 valence electrons. The van der Waals surface area contributed by atoms with Gasteiger partial charge in [0.1, 0.15) is 17.3 Å². The predicted molar refractivity (Wildman–Crippen MR) is 170 cm³/mol. The average molecular weight is 645 g/mol. The van der Waals surface area contributed by atoms with Gasteiger partial charge in [-0.1, -0.05) is 62.3 Å². The molecule has 0 saturated heterocycles. The average Bonchev–Trinajstić information content (AvgIpc) is 2.64. The Morgan fingerprint density at radius 1 is 0.350 bits per heavy atom. The first-order valence-electron chi connectivity index (χ1n) is 13.6. The van der Waals surface area contributed by atoms with Crippen LogP contribution in [0.1, 0.15) is 125 Å². The number of ketones is 3. The summed E-state index contributed by atoms with van der Waals surface area (Å²) in [6.45, 7) is 34.2. The van der Waals surface area contributed by atoms with Crippen molar-refractivity contribution >= 4 is 17.3 Å². The number of rotatable bonds is 3. The molecule has 0 aromatic carbocycles. The Hall–Kier alpha value is -1.27. The van der Waals surface area contributed by atoms with Gasteiger partial charge < -0.3 is 15.3 Å². The molecule has 0 aliphatic carbocycles. The molecule has 0 atom stereocenters. The van der Waals surface area contributed by atoms with E-state index in [1.54, 1.807) is 0 Å². The zero-order valence-electron chi connectivity index (χ0n) is 29.0. The van der Waals surface area contributed by atoms with Gasteiger partial charge in [0.25, 0.3) is 0 Å². The third-order valence-corrected chi connectivity index (χ3v) is 5.43. The van der Waals surface area contributed by atoms with E-state index in [2.05, 4.69) is 0 Å². The molecule has 6 nitrogen and oxygen atoms in total. The van der Waals surface area contributed by atoms with E-state index in [9.17, 15) is 29.7 Å². The summed E-state index contributed by atoms with van der Waals surface area (Å²) in [4.78, 5) is 28.8. The van der Waals surface area contributed by atoms with Crippen molar-refractivity contribution in [3.63, 3.8) is 0 Å². The summed E-state index contributed by atoms with van der Waals surface area (Å²) in [5, 5.41) is 28.8. The van der Waals surface area contributed by atoms with E-state index < -0.39 is 0 Å². The van der Waals surface area contributed by atoms with Gasteiger partial charge in [0.05, 0.1) is 34.5 Å². The van der Waals surface area contributed by atoms with Crippen LogP contribution < -0.4 is 0 Å². The summed E-state index contributed by atoms with van der Waals surface area (Å²) >= 11 is 0. The van der Waals surface area contributed by atoms with E-state index in [0.29, 0.717) is 0 Å². The molecular formula is C33H63O6Y+3. The Morgan fingerprint density at radius 2 is 0.475 bits per heavy atom. The molecule has 0 amide bonds. The van der Waals surface area contributed by atoms with Gasteiger partial charge in [0.2, 0.25) is 0 Å². The van der Waals surface area contributed by atoms with Crippen LogP contribution in [0.15, 0.2) is 35.5 Å². The molecule has 7 heteroatoms. The fourth-order valence-electron chi connectivity index (χ4n) is 1.69. The van der Waals surface area contributed by atoms with Crippen molar-refractivity contribution in [1.82, 2.24) is 0 Å². The van der Waals surface area contributed by atoms with E-state index >= 15 is 0 Å². The van der Waals surface area contributed by atoms with Gasteiger partial charge >= 0.3 is 17.3 Å². The zero-order valence-corrected chi connectivity index (χ0v) is 31.8. The maximum atomic E-state index is 9.60. The fraction of sp³-hybridized carbons (Fsp3) is 0.727. The predicted octanol–water partition coefficient (Wildman–Crippen LogP) is 9.19. The Bertz CT molecular complexity index is 801. The summed E-state index contributed by atoms with van der Waals surface area (Å²) in [6, 6.07) is 0. The van der Waals surface area contributed by atoms with Crippen molar-refractivity contribution in [2.45, 2.75) is 125 Å². The van der Waals surface area contributed by atoms with Gasteiger partial charge in [0, 0.05) is 49.0 Å². The maximum absolute atomic E-state index is 9.60. The number of hydrogen-bond donors (Lipinski definition) is 3. The molecule has 0 aliphatic rings. The second-order valence-corrected chi connectivity index (χ2v) is 16.2. The zero-order chi connectivity index (χ0) is 32.6. The van der Waals surface area contributed by atoms with E-state index in [4.69, 9.17) is 0 Å². The molecule has 0 rings (SSSR count). The van der Waals surface area contributed by atoms with Crippen LogP contribution in [0, 0.1) is 32.5 Å². The van der Waals surface area contributed by atoms with Crippen LogP contribution in [-0.4, -0.2) is 47.1 Å². The Kier molecular flexibility index (Phi) is 18.7. The van der Waals surface area contributed by atoms with Gasteiger partial charge in [-0.05, 0) is 62.3 Å². The van der Waals surface area contributed by atoms with Gasteiger partial charge in [-0.3, -0.25) is 14.4 Å². The standard InChI is InChI=1S/3C11H20O2.Y/c3*1-10(2,3)8(12)7-9(13)11(4,5)6;/h3*7,12H,1-6H3;/p+3/b3*8-7-;. The monoisotopic (exact) mass is 644 g/mol. The quantitative estimate of drug-likeness (QED) is 0.161. The van der Waals surface area contributed by atoms with Gasteiger partial charge in [0.15, 0.2) is 0 Å². The van der Waals surface area contributed by atoms with Crippen molar-refractivity contribution in [3.8, 4) is 0 Å². The molecule has 0 fully saturated rings. The van der Waals surface area contributed by atoms with E-state index in [1.165, 1.54) is 18.2 Å². The molecule has 6 N–H and O–H groups in total. The van der Waals surface area contributed by atoms with E-state index in [-0.39, 0.29) is 99.8 Å². The largest absolute Gasteiger partial charge is 0.511 e. The second-order valence-electron chi connectivity index (χ2n) is 16.2. The smallest absolute Gasteiger partial charge is 0.325 e. The first-order chi connectivity index (χ1) is 16.6. The summed E-state index contributed by atoms with van der Waals surface area (Å²) < 4.78 is 0. The molecule has 0 unspecified atom stereocenters. The molecule has 0 heterocycles. The molecular weight excluding hydrogens is 581 g/mol. The van der Waals surface area contributed by atoms with Gasteiger partial charge in [-0.25, -0.2) is 0 Å². The van der Waals surface area contributed by atoms with Crippen LogP contribution in [-0.2, 0) is 32.7 Å². The summed E-state index contributed by atoms with van der Waals surface area (Å²) in [5.41, 5.74) is -1.84. The molecule has 0 aromatic rings. The van der Waals surface area contributed by atoms with E-state index in [0.717, 1.165) is 0 Å². The maximum Gasteiger partial charge on any atom is 0.325 e. The summed E-state index contributed by atoms with van der Waals surface area (Å²) in [5.74, 6) is 1.25. The minimum Gasteiger partial charge on any atom is -0.511 e. The van der Waals surface area contributed by atoms with Crippen LogP contribution in [0.25, 0.3) is 0 Å². The number of hydrogen-bond acceptors (Lipinski definition) is 3. The molecule has 0 saturated carbocycles. The number of aliphatic hydroxyl groups is 3. The SMILES string of the molecule is CC(C)(C)C(=[OH+])/C=C(\O)C(C)(C)C.CC(C)(C)C(=[OH+])/C=C(\O)C(C)(C)C.CC(C)(C)C(=[OH+])/C=C(\O)C(C)(C)C.[Y]. The van der Waals surface area contributed by atoms with Crippen LogP contribution in [0.4, 0.5) is 0 Å². The third kappa shape index (κ3) is 21.5. The topological polar surface area (TPSA) is 125 Å². The van der Waals surface area contributed by atoms with Crippen LogP contribution >= 0.6 is 0 Å². The van der Waals surface area contributed by atoms with Crippen molar-refractivity contribution < 1.29 is 62.4 Å². The molecule has 40 heavy (non-hydrogen) atoms. The van der Waals surface area contributed by atoms with Crippen molar-refractivity contribution in [2.75, 3.05) is 0 Å². The first kappa shape index (κ1) is 45.7.